The highest BCUT2D eigenvalue weighted by Gasteiger charge is 2.10. The first-order valence-corrected chi connectivity index (χ1v) is 9.26. The van der Waals surface area contributed by atoms with Crippen LogP contribution < -0.4 is 15.5 Å². The van der Waals surface area contributed by atoms with Gasteiger partial charge in [0.15, 0.2) is 0 Å². The standard InChI is InChI=1S/C16H28N2.C6H7N/c1-7-13(3)17(5)15-9-11-16(12-10-15)18(6)14(4)8-2;7-6-4-2-1-3-5-6/h9-14H,7-8H2,1-6H3;1-5H,7H2. The van der Waals surface area contributed by atoms with Crippen molar-refractivity contribution >= 4 is 17.1 Å². The van der Waals surface area contributed by atoms with Gasteiger partial charge in [-0.2, -0.15) is 0 Å². The van der Waals surface area contributed by atoms with E-state index in [1.54, 1.807) is 0 Å². The van der Waals surface area contributed by atoms with Gasteiger partial charge in [0.05, 0.1) is 0 Å². The Balaban J connectivity index is 0.000000370. The predicted octanol–water partition coefficient (Wildman–Crippen LogP) is 5.42. The monoisotopic (exact) mass is 341 g/mol. The van der Waals surface area contributed by atoms with Crippen LogP contribution >= 0.6 is 0 Å². The molecule has 0 bridgehead atoms. The fourth-order valence-electron chi connectivity index (χ4n) is 2.43. The number of nitrogen functional groups attached to an aromatic ring is 1. The average molecular weight is 342 g/mol. The van der Waals surface area contributed by atoms with Crippen molar-refractivity contribution in [2.45, 2.75) is 52.6 Å². The van der Waals surface area contributed by atoms with Gasteiger partial charge in [-0.05, 0) is 63.1 Å². The number of nitrogens with two attached hydrogens (primary N) is 1. The molecule has 0 fully saturated rings. The van der Waals surface area contributed by atoms with E-state index in [1.807, 2.05) is 30.3 Å². The number of rotatable bonds is 6. The lowest BCUT2D eigenvalue weighted by molar-refractivity contribution is 0.660. The summed E-state index contributed by atoms with van der Waals surface area (Å²) >= 11 is 0. The molecule has 0 aromatic heterocycles. The van der Waals surface area contributed by atoms with Gasteiger partial charge in [0.1, 0.15) is 0 Å². The van der Waals surface area contributed by atoms with Gasteiger partial charge >= 0.3 is 0 Å². The fraction of sp³-hybridized carbons (Fsp3) is 0.455. The molecule has 2 aromatic carbocycles. The van der Waals surface area contributed by atoms with Gasteiger partial charge in [-0.25, -0.2) is 0 Å². The maximum Gasteiger partial charge on any atom is 0.0367 e. The van der Waals surface area contributed by atoms with Gasteiger partial charge in [0.2, 0.25) is 0 Å². The largest absolute Gasteiger partial charge is 0.399 e. The van der Waals surface area contributed by atoms with Crippen molar-refractivity contribution in [2.24, 2.45) is 0 Å². The van der Waals surface area contributed by atoms with Crippen LogP contribution in [0.15, 0.2) is 54.6 Å². The van der Waals surface area contributed by atoms with Crippen LogP contribution in [0.4, 0.5) is 17.1 Å². The van der Waals surface area contributed by atoms with E-state index in [0.717, 1.165) is 5.69 Å². The number of benzene rings is 2. The Hall–Kier alpha value is -2.16. The zero-order valence-electron chi connectivity index (χ0n) is 16.7. The van der Waals surface area contributed by atoms with Crippen molar-refractivity contribution < 1.29 is 0 Å². The fourth-order valence-corrected chi connectivity index (χ4v) is 2.43. The number of para-hydroxylation sites is 1. The zero-order chi connectivity index (χ0) is 18.8. The maximum atomic E-state index is 5.36. The molecule has 3 heteroatoms. The van der Waals surface area contributed by atoms with Crippen LogP contribution in [0.25, 0.3) is 0 Å². The molecule has 0 aliphatic heterocycles. The molecule has 2 aromatic rings. The Morgan fingerprint density at radius 2 is 1.08 bits per heavy atom. The van der Waals surface area contributed by atoms with Crippen LogP contribution in [0.5, 0.6) is 0 Å². The SMILES string of the molecule is CCC(C)N(C)c1ccc(N(C)C(C)CC)cc1.Nc1ccccc1. The molecule has 2 N–H and O–H groups in total. The van der Waals surface area contributed by atoms with Crippen molar-refractivity contribution in [3.63, 3.8) is 0 Å². The second-order valence-corrected chi connectivity index (χ2v) is 6.66. The van der Waals surface area contributed by atoms with Gasteiger partial charge in [0, 0.05) is 43.2 Å². The second kappa shape index (κ2) is 10.7. The summed E-state index contributed by atoms with van der Waals surface area (Å²) in [4.78, 5) is 4.68. The Morgan fingerprint density at radius 3 is 1.32 bits per heavy atom. The molecule has 0 radical (unpaired) electrons. The van der Waals surface area contributed by atoms with Gasteiger partial charge < -0.3 is 15.5 Å². The van der Waals surface area contributed by atoms with Gasteiger partial charge in [0.25, 0.3) is 0 Å². The Bertz CT molecular complexity index is 545. The zero-order valence-corrected chi connectivity index (χ0v) is 16.7. The highest BCUT2D eigenvalue weighted by Crippen LogP contribution is 2.23. The van der Waals surface area contributed by atoms with Crippen LogP contribution in [-0.4, -0.2) is 26.2 Å². The molecule has 2 rings (SSSR count). The summed E-state index contributed by atoms with van der Waals surface area (Å²) in [6.45, 7) is 8.98. The van der Waals surface area contributed by atoms with Crippen LogP contribution in [0.1, 0.15) is 40.5 Å². The molecule has 3 nitrogen and oxygen atoms in total. The second-order valence-electron chi connectivity index (χ2n) is 6.66. The lowest BCUT2D eigenvalue weighted by Gasteiger charge is -2.29. The molecule has 0 spiro atoms. The maximum absolute atomic E-state index is 5.36. The Morgan fingerprint density at radius 1 is 0.720 bits per heavy atom. The first-order valence-electron chi connectivity index (χ1n) is 9.26. The summed E-state index contributed by atoms with van der Waals surface area (Å²) in [6, 6.07) is 19.5. The van der Waals surface area contributed by atoms with E-state index in [-0.39, 0.29) is 0 Å². The van der Waals surface area contributed by atoms with Crippen molar-refractivity contribution in [3.8, 4) is 0 Å². The molecule has 2 atom stereocenters. The van der Waals surface area contributed by atoms with Gasteiger partial charge in [-0.1, -0.05) is 32.0 Å². The minimum absolute atomic E-state index is 0.586. The highest BCUT2D eigenvalue weighted by atomic mass is 15.1. The molecule has 138 valence electrons. The number of hydrogen-bond acceptors (Lipinski definition) is 3. The molecule has 0 saturated carbocycles. The van der Waals surface area contributed by atoms with Gasteiger partial charge in [-0.3, -0.25) is 0 Å². The lowest BCUT2D eigenvalue weighted by Crippen LogP contribution is -2.29. The summed E-state index contributed by atoms with van der Waals surface area (Å²) in [6.07, 6.45) is 2.34. The third kappa shape index (κ3) is 6.69. The average Bonchev–Trinajstić information content (AvgIpc) is 2.66. The van der Waals surface area contributed by atoms with E-state index < -0.39 is 0 Å². The van der Waals surface area contributed by atoms with Crippen LogP contribution in [0.2, 0.25) is 0 Å². The molecule has 25 heavy (non-hydrogen) atoms. The summed E-state index contributed by atoms with van der Waals surface area (Å²) < 4.78 is 0. The van der Waals surface area contributed by atoms with Crippen LogP contribution in [0.3, 0.4) is 0 Å². The highest BCUT2D eigenvalue weighted by molar-refractivity contribution is 5.56. The third-order valence-corrected chi connectivity index (χ3v) is 4.97. The molecule has 2 unspecified atom stereocenters. The summed E-state index contributed by atoms with van der Waals surface area (Å²) in [5.74, 6) is 0. The minimum atomic E-state index is 0.586. The number of anilines is 3. The number of nitrogens with zero attached hydrogens (tertiary/aromatic N) is 2. The molecule has 0 aliphatic carbocycles. The topological polar surface area (TPSA) is 32.5 Å². The van der Waals surface area contributed by atoms with E-state index in [4.69, 9.17) is 5.73 Å². The molecular formula is C22H35N3. The summed E-state index contributed by atoms with van der Waals surface area (Å²) in [5.41, 5.74) is 8.77. The molecule has 0 amide bonds. The van der Waals surface area contributed by atoms with Gasteiger partial charge in [-0.15, -0.1) is 0 Å². The smallest absolute Gasteiger partial charge is 0.0367 e. The van der Waals surface area contributed by atoms with Crippen molar-refractivity contribution in [2.75, 3.05) is 29.6 Å². The predicted molar refractivity (Wildman–Crippen MR) is 114 cm³/mol. The Kier molecular flexibility index (Phi) is 8.90. The van der Waals surface area contributed by atoms with E-state index in [0.29, 0.717) is 12.1 Å². The van der Waals surface area contributed by atoms with E-state index in [2.05, 4.69) is 75.9 Å². The first kappa shape index (κ1) is 20.9. The summed E-state index contributed by atoms with van der Waals surface area (Å²) in [5, 5.41) is 0. The first-order chi connectivity index (χ1) is 11.9. The van der Waals surface area contributed by atoms with E-state index in [1.165, 1.54) is 24.2 Å². The molecule has 0 heterocycles. The third-order valence-electron chi connectivity index (χ3n) is 4.97. The van der Waals surface area contributed by atoms with Crippen LogP contribution in [-0.2, 0) is 0 Å². The lowest BCUT2D eigenvalue weighted by atomic mass is 10.1. The molecule has 0 saturated heterocycles. The summed E-state index contributed by atoms with van der Waals surface area (Å²) in [7, 11) is 4.34. The van der Waals surface area contributed by atoms with Crippen LogP contribution in [0, 0.1) is 0 Å². The van der Waals surface area contributed by atoms with Crippen molar-refractivity contribution in [1.82, 2.24) is 0 Å². The Labute approximate surface area is 154 Å². The minimum Gasteiger partial charge on any atom is -0.399 e. The molecule has 0 aliphatic rings. The molecular weight excluding hydrogens is 306 g/mol. The van der Waals surface area contributed by atoms with E-state index in [9.17, 15) is 0 Å². The quantitative estimate of drug-likeness (QED) is 0.712. The number of hydrogen-bond donors (Lipinski definition) is 1. The van der Waals surface area contributed by atoms with Crippen molar-refractivity contribution in [1.29, 1.82) is 0 Å². The normalized spacial score (nSPS) is 12.6. The van der Waals surface area contributed by atoms with E-state index >= 15 is 0 Å². The van der Waals surface area contributed by atoms with Crippen molar-refractivity contribution in [3.05, 3.63) is 54.6 Å².